The van der Waals surface area contributed by atoms with Gasteiger partial charge < -0.3 is 5.11 Å². The van der Waals surface area contributed by atoms with Crippen LogP contribution in [0.2, 0.25) is 10.0 Å². The summed E-state index contributed by atoms with van der Waals surface area (Å²) in [5, 5.41) is 9.21. The number of carboxylic acid groups (broad SMARTS) is 1. The molecule has 0 heterocycles. The molecule has 2 atom stereocenters. The maximum Gasteiger partial charge on any atom is 0.320 e. The molecule has 0 spiro atoms. The summed E-state index contributed by atoms with van der Waals surface area (Å²) in [6, 6.07) is 1.52. The van der Waals surface area contributed by atoms with Crippen LogP contribution in [0.4, 0.5) is 4.39 Å². The Labute approximate surface area is 115 Å². The summed E-state index contributed by atoms with van der Waals surface area (Å²) in [6.07, 6.45) is 0. The number of aliphatic carboxylic acids is 1. The summed E-state index contributed by atoms with van der Waals surface area (Å²) >= 11 is 11.6. The van der Waals surface area contributed by atoms with E-state index in [0.717, 1.165) is 0 Å². The van der Waals surface area contributed by atoms with Crippen LogP contribution in [-0.2, 0) is 4.79 Å². The first-order chi connectivity index (χ1) is 8.25. The normalized spacial score (nSPS) is 14.6. The highest BCUT2D eigenvalue weighted by Crippen LogP contribution is 2.31. The molecule has 1 aromatic rings. The minimum absolute atomic E-state index is 0.0510. The average Bonchev–Trinajstić information content (AvgIpc) is 2.30. The number of carbonyl (C=O) groups is 1. The molecule has 0 radical (unpaired) electrons. The maximum atomic E-state index is 13.4. The van der Waals surface area contributed by atoms with Crippen LogP contribution in [0.1, 0.15) is 25.5 Å². The lowest BCUT2D eigenvalue weighted by Gasteiger charge is -2.29. The van der Waals surface area contributed by atoms with Gasteiger partial charge in [0, 0.05) is 11.1 Å². The van der Waals surface area contributed by atoms with Gasteiger partial charge in [-0.15, -0.1) is 0 Å². The fourth-order valence-electron chi connectivity index (χ4n) is 1.59. The predicted molar refractivity (Wildman–Crippen MR) is 69.7 cm³/mol. The predicted octanol–water partition coefficient (Wildman–Crippen LogP) is 3.60. The highest BCUT2D eigenvalue weighted by atomic mass is 35.5. The van der Waals surface area contributed by atoms with Gasteiger partial charge in [0.2, 0.25) is 0 Å². The van der Waals surface area contributed by atoms with Gasteiger partial charge in [-0.2, -0.15) is 0 Å². The average molecular weight is 294 g/mol. The summed E-state index contributed by atoms with van der Waals surface area (Å²) in [4.78, 5) is 12.5. The van der Waals surface area contributed by atoms with Crippen molar-refractivity contribution in [3.63, 3.8) is 0 Å². The zero-order valence-electron chi connectivity index (χ0n) is 10.2. The van der Waals surface area contributed by atoms with E-state index in [2.05, 4.69) is 0 Å². The van der Waals surface area contributed by atoms with Crippen molar-refractivity contribution < 1.29 is 14.3 Å². The lowest BCUT2D eigenvalue weighted by atomic mass is 10.1. The van der Waals surface area contributed by atoms with Crippen LogP contribution in [0, 0.1) is 5.82 Å². The minimum Gasteiger partial charge on any atom is -0.480 e. The number of likely N-dealkylation sites (N-methyl/N-ethyl adjacent to an activating group) is 1. The van der Waals surface area contributed by atoms with Gasteiger partial charge in [0.15, 0.2) is 0 Å². The Balaban J connectivity index is 3.07. The summed E-state index contributed by atoms with van der Waals surface area (Å²) in [5.41, 5.74) is 0.508. The highest BCUT2D eigenvalue weighted by molar-refractivity contribution is 6.35. The van der Waals surface area contributed by atoms with Crippen LogP contribution in [0.5, 0.6) is 0 Å². The molecule has 3 nitrogen and oxygen atoms in total. The van der Waals surface area contributed by atoms with Crippen molar-refractivity contribution in [3.8, 4) is 0 Å². The van der Waals surface area contributed by atoms with E-state index in [-0.39, 0.29) is 11.1 Å². The molecule has 0 fully saturated rings. The van der Waals surface area contributed by atoms with Crippen LogP contribution in [0.15, 0.2) is 12.1 Å². The zero-order valence-corrected chi connectivity index (χ0v) is 11.8. The van der Waals surface area contributed by atoms with Crippen molar-refractivity contribution in [3.05, 3.63) is 33.6 Å². The molecule has 1 N–H and O–H groups in total. The van der Waals surface area contributed by atoms with Gasteiger partial charge >= 0.3 is 5.97 Å². The Morgan fingerprint density at radius 3 is 2.39 bits per heavy atom. The Morgan fingerprint density at radius 2 is 1.89 bits per heavy atom. The van der Waals surface area contributed by atoms with Crippen molar-refractivity contribution in [2.45, 2.75) is 25.9 Å². The van der Waals surface area contributed by atoms with E-state index in [1.807, 2.05) is 0 Å². The molecule has 1 aromatic carbocycles. The lowest BCUT2D eigenvalue weighted by Crippen LogP contribution is -2.37. The largest absolute Gasteiger partial charge is 0.480 e. The first kappa shape index (κ1) is 15.2. The zero-order chi connectivity index (χ0) is 14.0. The Bertz CT molecular complexity index is 468. The number of carboxylic acids is 1. The smallest absolute Gasteiger partial charge is 0.320 e. The molecule has 0 bridgehead atoms. The van der Waals surface area contributed by atoms with Crippen LogP contribution in [0.25, 0.3) is 0 Å². The Hall–Kier alpha value is -0.840. The van der Waals surface area contributed by atoms with E-state index < -0.39 is 17.8 Å². The first-order valence-electron chi connectivity index (χ1n) is 5.35. The monoisotopic (exact) mass is 293 g/mol. The number of hydrogen-bond donors (Lipinski definition) is 1. The van der Waals surface area contributed by atoms with E-state index in [0.29, 0.717) is 10.6 Å². The number of halogens is 3. The summed E-state index contributed by atoms with van der Waals surface area (Å²) < 4.78 is 13.4. The molecular weight excluding hydrogens is 280 g/mol. The molecule has 0 aliphatic carbocycles. The topological polar surface area (TPSA) is 40.5 Å². The molecule has 0 amide bonds. The molecule has 6 heteroatoms. The molecule has 0 saturated carbocycles. The van der Waals surface area contributed by atoms with Gasteiger partial charge in [0.25, 0.3) is 0 Å². The fourth-order valence-corrected chi connectivity index (χ4v) is 2.13. The van der Waals surface area contributed by atoms with Gasteiger partial charge in [-0.3, -0.25) is 9.69 Å². The second kappa shape index (κ2) is 5.87. The summed E-state index contributed by atoms with van der Waals surface area (Å²) in [7, 11) is 1.65. The number of hydrogen-bond acceptors (Lipinski definition) is 2. The van der Waals surface area contributed by atoms with Gasteiger partial charge in [-0.25, -0.2) is 4.39 Å². The van der Waals surface area contributed by atoms with Crippen molar-refractivity contribution in [2.24, 2.45) is 0 Å². The van der Waals surface area contributed by atoms with Crippen LogP contribution in [0.3, 0.4) is 0 Å². The molecule has 0 aromatic heterocycles. The standard InChI is InChI=1S/C12H14Cl2FNO2/c1-6(16(3)7(2)12(17)18)8-4-11(15)10(14)5-9(8)13/h4-7H,1-3H3,(H,17,18). The van der Waals surface area contributed by atoms with Crippen LogP contribution in [-0.4, -0.2) is 29.1 Å². The third kappa shape index (κ3) is 3.13. The van der Waals surface area contributed by atoms with E-state index in [1.54, 1.807) is 25.8 Å². The molecular formula is C12H14Cl2FNO2. The van der Waals surface area contributed by atoms with Gasteiger partial charge in [-0.05, 0) is 38.6 Å². The SMILES string of the molecule is CC(C(=O)O)N(C)C(C)c1cc(F)c(Cl)cc1Cl. The highest BCUT2D eigenvalue weighted by Gasteiger charge is 2.24. The fraction of sp³-hybridized carbons (Fsp3) is 0.417. The van der Waals surface area contributed by atoms with Crippen molar-refractivity contribution in [1.29, 1.82) is 0 Å². The van der Waals surface area contributed by atoms with Gasteiger partial charge in [0.05, 0.1) is 5.02 Å². The van der Waals surface area contributed by atoms with Crippen LogP contribution >= 0.6 is 23.2 Å². The molecule has 2 unspecified atom stereocenters. The molecule has 0 saturated heterocycles. The van der Waals surface area contributed by atoms with E-state index >= 15 is 0 Å². The third-order valence-electron chi connectivity index (χ3n) is 3.07. The second-order valence-electron chi connectivity index (χ2n) is 4.14. The second-order valence-corrected chi connectivity index (χ2v) is 4.96. The van der Waals surface area contributed by atoms with E-state index in [4.69, 9.17) is 28.3 Å². The number of nitrogens with zero attached hydrogens (tertiary/aromatic N) is 1. The van der Waals surface area contributed by atoms with Crippen molar-refractivity contribution >= 4 is 29.2 Å². The van der Waals surface area contributed by atoms with Crippen LogP contribution < -0.4 is 0 Å². The molecule has 100 valence electrons. The van der Waals surface area contributed by atoms with Crippen molar-refractivity contribution in [2.75, 3.05) is 7.05 Å². The number of benzene rings is 1. The molecule has 0 aliphatic rings. The Kier molecular flexibility index (Phi) is 4.96. The minimum atomic E-state index is -0.949. The molecule has 0 aliphatic heterocycles. The van der Waals surface area contributed by atoms with Gasteiger partial charge in [0.1, 0.15) is 11.9 Å². The van der Waals surface area contributed by atoms with E-state index in [9.17, 15) is 9.18 Å². The third-order valence-corrected chi connectivity index (χ3v) is 3.69. The maximum absolute atomic E-state index is 13.4. The summed E-state index contributed by atoms with van der Waals surface area (Å²) in [6.45, 7) is 3.31. The van der Waals surface area contributed by atoms with Gasteiger partial charge in [-0.1, -0.05) is 23.2 Å². The summed E-state index contributed by atoms with van der Waals surface area (Å²) in [5.74, 6) is -1.52. The lowest BCUT2D eigenvalue weighted by molar-refractivity contribution is -0.142. The first-order valence-corrected chi connectivity index (χ1v) is 6.10. The Morgan fingerprint density at radius 1 is 1.33 bits per heavy atom. The number of rotatable bonds is 4. The quantitative estimate of drug-likeness (QED) is 0.863. The van der Waals surface area contributed by atoms with Crippen molar-refractivity contribution in [1.82, 2.24) is 4.90 Å². The molecule has 1 rings (SSSR count). The van der Waals surface area contributed by atoms with E-state index in [1.165, 1.54) is 12.1 Å². The molecule has 18 heavy (non-hydrogen) atoms.